The van der Waals surface area contributed by atoms with Crippen LogP contribution in [0.25, 0.3) is 0 Å². The molecule has 0 radical (unpaired) electrons. The second-order valence-electron chi connectivity index (χ2n) is 9.62. The highest BCUT2D eigenvalue weighted by atomic mass is 16.6. The summed E-state index contributed by atoms with van der Waals surface area (Å²) in [6.07, 6.45) is 3.74. The summed E-state index contributed by atoms with van der Waals surface area (Å²) in [4.78, 5) is 13.2. The Balaban J connectivity index is 1.89. The third-order valence-electron chi connectivity index (χ3n) is 8.14. The second-order valence-corrected chi connectivity index (χ2v) is 9.62. The van der Waals surface area contributed by atoms with Crippen molar-refractivity contribution in [2.24, 2.45) is 23.2 Å². The number of fused-ring (bicyclic) bond motifs is 1. The molecule has 4 aliphatic rings. The number of ketones is 1. The minimum Gasteiger partial charge on any atom is -0.393 e. The first kappa shape index (κ1) is 18.6. The van der Waals surface area contributed by atoms with Crippen molar-refractivity contribution in [1.29, 1.82) is 0 Å². The number of ether oxygens (including phenoxy) is 2. The van der Waals surface area contributed by atoms with E-state index in [1.54, 1.807) is 7.11 Å². The molecule has 0 aromatic heterocycles. The number of carbonyl (C=O) groups excluding carboxylic acids is 1. The number of Topliss-reactive ketones (excluding diaryl/α,β-unsaturated/α-hetero) is 1. The van der Waals surface area contributed by atoms with Crippen LogP contribution < -0.4 is 0 Å². The lowest BCUT2D eigenvalue weighted by atomic mass is 9.64. The average Bonchev–Trinajstić information content (AvgIpc) is 3.05. The fourth-order valence-electron chi connectivity index (χ4n) is 6.35. The number of methoxy groups -OCH3 is 1. The molecule has 1 spiro atoms. The number of epoxide rings is 1. The Labute approximate surface area is 155 Å². The lowest BCUT2D eigenvalue weighted by molar-refractivity contribution is -0.129. The Morgan fingerprint density at radius 2 is 2.12 bits per heavy atom. The molecule has 0 bridgehead atoms. The summed E-state index contributed by atoms with van der Waals surface area (Å²) >= 11 is 0. The summed E-state index contributed by atoms with van der Waals surface area (Å²) in [6.45, 7) is 8.40. The van der Waals surface area contributed by atoms with E-state index in [1.807, 2.05) is 13.0 Å². The van der Waals surface area contributed by atoms with Gasteiger partial charge in [0.15, 0.2) is 0 Å². The molecule has 146 valence electrons. The van der Waals surface area contributed by atoms with Crippen molar-refractivity contribution in [3.05, 3.63) is 11.6 Å². The maximum absolute atomic E-state index is 13.2. The molecule has 3 fully saturated rings. The van der Waals surface area contributed by atoms with Crippen LogP contribution in [0.3, 0.4) is 0 Å². The molecule has 5 nitrogen and oxygen atoms in total. The Kier molecular flexibility index (Phi) is 3.87. The van der Waals surface area contributed by atoms with E-state index in [4.69, 9.17) is 9.47 Å². The third kappa shape index (κ3) is 1.98. The number of hydrogen-bond donors (Lipinski definition) is 2. The van der Waals surface area contributed by atoms with Crippen LogP contribution in [0, 0.1) is 23.2 Å². The monoisotopic (exact) mass is 364 g/mol. The van der Waals surface area contributed by atoms with Crippen molar-refractivity contribution in [2.45, 2.75) is 76.3 Å². The van der Waals surface area contributed by atoms with Crippen LogP contribution in [-0.4, -0.2) is 52.6 Å². The number of carbonyl (C=O) groups is 1. The van der Waals surface area contributed by atoms with E-state index in [9.17, 15) is 15.0 Å². The van der Waals surface area contributed by atoms with E-state index in [0.29, 0.717) is 19.3 Å². The average molecular weight is 364 g/mol. The van der Waals surface area contributed by atoms with Crippen LogP contribution in [0.1, 0.15) is 53.4 Å². The molecule has 1 heterocycles. The summed E-state index contributed by atoms with van der Waals surface area (Å²) in [5.41, 5.74) is -2.14. The minimum absolute atomic E-state index is 0.0100. The minimum atomic E-state index is -1.06. The molecular weight excluding hydrogens is 332 g/mol. The van der Waals surface area contributed by atoms with Crippen molar-refractivity contribution < 1.29 is 24.5 Å². The van der Waals surface area contributed by atoms with Crippen molar-refractivity contribution in [3.8, 4) is 0 Å². The zero-order valence-electron chi connectivity index (χ0n) is 16.5. The Morgan fingerprint density at radius 1 is 1.42 bits per heavy atom. The van der Waals surface area contributed by atoms with E-state index in [0.717, 1.165) is 12.0 Å². The number of aliphatic hydroxyl groups excluding tert-OH is 1. The van der Waals surface area contributed by atoms with E-state index in [-0.39, 0.29) is 30.1 Å². The van der Waals surface area contributed by atoms with Gasteiger partial charge in [-0.3, -0.25) is 4.79 Å². The van der Waals surface area contributed by atoms with Gasteiger partial charge in [-0.25, -0.2) is 0 Å². The van der Waals surface area contributed by atoms with Crippen molar-refractivity contribution in [2.75, 3.05) is 13.7 Å². The van der Waals surface area contributed by atoms with Gasteiger partial charge in [-0.2, -0.15) is 0 Å². The molecule has 0 aromatic carbocycles. The quantitative estimate of drug-likeness (QED) is 0.593. The maximum Gasteiger partial charge on any atom is 0.148 e. The van der Waals surface area contributed by atoms with E-state index >= 15 is 0 Å². The zero-order valence-corrected chi connectivity index (χ0v) is 16.5. The van der Waals surface area contributed by atoms with Gasteiger partial charge in [0, 0.05) is 20.0 Å². The van der Waals surface area contributed by atoms with Gasteiger partial charge in [0.05, 0.1) is 18.1 Å². The fourth-order valence-corrected chi connectivity index (χ4v) is 6.35. The molecule has 0 aromatic rings. The molecule has 7 unspecified atom stereocenters. The molecule has 0 amide bonds. The van der Waals surface area contributed by atoms with E-state index in [1.165, 1.54) is 0 Å². The highest BCUT2D eigenvalue weighted by Gasteiger charge is 2.85. The van der Waals surface area contributed by atoms with Gasteiger partial charge < -0.3 is 19.7 Å². The second kappa shape index (κ2) is 5.40. The first-order valence-corrected chi connectivity index (χ1v) is 9.93. The van der Waals surface area contributed by atoms with Gasteiger partial charge in [0.25, 0.3) is 0 Å². The molecule has 3 aliphatic carbocycles. The van der Waals surface area contributed by atoms with Crippen LogP contribution >= 0.6 is 0 Å². The number of rotatable bonds is 3. The first-order chi connectivity index (χ1) is 12.1. The summed E-state index contributed by atoms with van der Waals surface area (Å²) < 4.78 is 11.7. The van der Waals surface area contributed by atoms with Gasteiger partial charge >= 0.3 is 0 Å². The van der Waals surface area contributed by atoms with Crippen LogP contribution in [0.5, 0.6) is 0 Å². The van der Waals surface area contributed by atoms with E-state index in [2.05, 4.69) is 20.8 Å². The topological polar surface area (TPSA) is 79.3 Å². The Bertz CT molecular complexity index is 671. The SMILES string of the molecule is COCC1(O)CCC2C1=CC1(C)C(=O)CC3(C(C)C)OC13CC(O)C2C. The van der Waals surface area contributed by atoms with Gasteiger partial charge in [-0.15, -0.1) is 0 Å². The molecule has 2 saturated carbocycles. The van der Waals surface area contributed by atoms with Crippen molar-refractivity contribution in [3.63, 3.8) is 0 Å². The largest absolute Gasteiger partial charge is 0.393 e. The lowest BCUT2D eigenvalue weighted by Crippen LogP contribution is -2.47. The molecule has 26 heavy (non-hydrogen) atoms. The molecule has 4 rings (SSSR count). The van der Waals surface area contributed by atoms with Crippen molar-refractivity contribution >= 4 is 5.78 Å². The van der Waals surface area contributed by atoms with Gasteiger partial charge in [0.1, 0.15) is 22.6 Å². The number of hydrogen-bond acceptors (Lipinski definition) is 5. The molecule has 7 atom stereocenters. The first-order valence-electron chi connectivity index (χ1n) is 9.93. The standard InChI is InChI=1S/C21H32O5/c1-12(2)20-10-17(23)18(4)8-15-14(6-7-19(15,24)11-25-5)13(3)16(22)9-21(18,20)26-20/h8,12-14,16,22,24H,6-7,9-11H2,1-5H3. The highest BCUT2D eigenvalue weighted by molar-refractivity contribution is 5.94. The highest BCUT2D eigenvalue weighted by Crippen LogP contribution is 2.73. The summed E-state index contributed by atoms with van der Waals surface area (Å²) in [5.74, 6) is 0.443. The normalized spacial score (nSPS) is 52.8. The van der Waals surface area contributed by atoms with Crippen LogP contribution in [0.15, 0.2) is 11.6 Å². The van der Waals surface area contributed by atoms with Crippen LogP contribution in [0.4, 0.5) is 0 Å². The summed E-state index contributed by atoms with van der Waals surface area (Å²) in [7, 11) is 1.59. The molecular formula is C21H32O5. The molecule has 2 N–H and O–H groups in total. The van der Waals surface area contributed by atoms with Gasteiger partial charge in [-0.05, 0) is 43.1 Å². The number of aliphatic hydroxyl groups is 2. The van der Waals surface area contributed by atoms with Gasteiger partial charge in [0.2, 0.25) is 0 Å². The summed E-state index contributed by atoms with van der Waals surface area (Å²) in [5, 5.41) is 22.3. The third-order valence-corrected chi connectivity index (χ3v) is 8.14. The Hall–Kier alpha value is -0.750. The molecule has 1 saturated heterocycles. The zero-order chi connectivity index (χ0) is 19.1. The predicted octanol–water partition coefficient (Wildman–Crippen LogP) is 2.24. The van der Waals surface area contributed by atoms with Gasteiger partial charge in [-0.1, -0.05) is 26.8 Å². The molecule has 5 heteroatoms. The lowest BCUT2D eigenvalue weighted by Gasteiger charge is -2.40. The van der Waals surface area contributed by atoms with Crippen LogP contribution in [-0.2, 0) is 14.3 Å². The maximum atomic E-state index is 13.2. The van der Waals surface area contributed by atoms with Crippen molar-refractivity contribution in [1.82, 2.24) is 0 Å². The predicted molar refractivity (Wildman–Crippen MR) is 96.5 cm³/mol. The smallest absolute Gasteiger partial charge is 0.148 e. The summed E-state index contributed by atoms with van der Waals surface area (Å²) in [6, 6.07) is 0. The Morgan fingerprint density at radius 3 is 2.73 bits per heavy atom. The van der Waals surface area contributed by atoms with Crippen LogP contribution in [0.2, 0.25) is 0 Å². The fraction of sp³-hybridized carbons (Fsp3) is 0.857. The van der Waals surface area contributed by atoms with E-state index < -0.39 is 28.3 Å². The molecule has 1 aliphatic heterocycles.